The fraction of sp³-hybridized carbons (Fsp3) is 0.348. The van der Waals surface area contributed by atoms with Crippen LogP contribution in [0, 0.1) is 0 Å². The number of ether oxygens (including phenoxy) is 1. The summed E-state index contributed by atoms with van der Waals surface area (Å²) in [5, 5.41) is 0. The van der Waals surface area contributed by atoms with E-state index in [2.05, 4.69) is 16.8 Å². The zero-order valence-corrected chi connectivity index (χ0v) is 16.9. The second kappa shape index (κ2) is 7.80. The van der Waals surface area contributed by atoms with E-state index in [0.29, 0.717) is 28.9 Å². The van der Waals surface area contributed by atoms with Crippen molar-refractivity contribution in [1.82, 2.24) is 4.90 Å². The summed E-state index contributed by atoms with van der Waals surface area (Å²) < 4.78 is 44.5. The lowest BCUT2D eigenvalue weighted by molar-refractivity contribution is -0.137. The lowest BCUT2D eigenvalue weighted by Crippen LogP contribution is -2.44. The molecule has 4 nitrogen and oxygen atoms in total. The third kappa shape index (κ3) is 3.94. The Morgan fingerprint density at radius 2 is 1.80 bits per heavy atom. The summed E-state index contributed by atoms with van der Waals surface area (Å²) in [6, 6.07) is 8.79. The van der Waals surface area contributed by atoms with Crippen molar-refractivity contribution in [1.29, 1.82) is 0 Å². The number of likely N-dealkylation sites (N-methyl/N-ethyl adjacent to an activating group) is 1. The molecule has 158 valence electrons. The van der Waals surface area contributed by atoms with Gasteiger partial charge in [0.25, 0.3) is 0 Å². The number of nitrogens with zero attached hydrogens (tertiary/aromatic N) is 2. The molecule has 0 aromatic heterocycles. The summed E-state index contributed by atoms with van der Waals surface area (Å²) in [5.41, 5.74) is 2.53. The number of carbonyl (C=O) groups is 1. The number of hydrogen-bond donors (Lipinski definition) is 0. The van der Waals surface area contributed by atoms with Crippen molar-refractivity contribution in [3.63, 3.8) is 0 Å². The third-order valence-corrected chi connectivity index (χ3v) is 5.72. The Balaban J connectivity index is 1.65. The van der Waals surface area contributed by atoms with Gasteiger partial charge < -0.3 is 14.5 Å². The van der Waals surface area contributed by atoms with Crippen LogP contribution < -0.4 is 9.64 Å². The number of allylic oxidation sites excluding steroid dienone is 1. The van der Waals surface area contributed by atoms with Crippen LogP contribution in [-0.2, 0) is 12.6 Å². The molecule has 1 aliphatic carbocycles. The summed E-state index contributed by atoms with van der Waals surface area (Å²) in [4.78, 5) is 17.4. The number of alkyl halides is 3. The number of methoxy groups -OCH3 is 1. The standard InChI is InChI=1S/C23H23F3N2O2/c1-27-6-8-28(9-7-27)20-13-16-12-17(22(29)19(16)14-21(20)30-2)10-15-4-3-5-18(11-15)23(24,25)26/h3-5,10-11,13-14H,6-9,12H2,1-2H3/b17-10+. The van der Waals surface area contributed by atoms with Gasteiger partial charge in [0.2, 0.25) is 0 Å². The maximum Gasteiger partial charge on any atom is 0.416 e. The highest BCUT2D eigenvalue weighted by atomic mass is 19.4. The summed E-state index contributed by atoms with van der Waals surface area (Å²) in [6.07, 6.45) is -2.46. The summed E-state index contributed by atoms with van der Waals surface area (Å²) in [5.74, 6) is 0.484. The number of hydrogen-bond acceptors (Lipinski definition) is 4. The normalized spacial score (nSPS) is 18.8. The van der Waals surface area contributed by atoms with Crippen LogP contribution in [0.1, 0.15) is 27.0 Å². The average Bonchev–Trinajstić information content (AvgIpc) is 3.02. The fourth-order valence-electron chi connectivity index (χ4n) is 4.01. The fourth-order valence-corrected chi connectivity index (χ4v) is 4.01. The number of rotatable bonds is 3. The van der Waals surface area contributed by atoms with E-state index in [-0.39, 0.29) is 5.78 Å². The minimum absolute atomic E-state index is 0.161. The maximum absolute atomic E-state index is 13.0. The number of ketones is 1. The van der Waals surface area contributed by atoms with Crippen molar-refractivity contribution >= 4 is 17.5 Å². The highest BCUT2D eigenvalue weighted by molar-refractivity contribution is 6.16. The Hall–Kier alpha value is -2.80. The molecule has 0 radical (unpaired) electrons. The molecule has 2 aromatic rings. The van der Waals surface area contributed by atoms with E-state index in [1.165, 1.54) is 6.07 Å². The van der Waals surface area contributed by atoms with Crippen LogP contribution in [-0.4, -0.2) is 51.0 Å². The molecule has 4 rings (SSSR count). The molecule has 2 aliphatic rings. The molecule has 7 heteroatoms. The molecule has 0 saturated carbocycles. The number of carbonyl (C=O) groups excluding carboxylic acids is 1. The zero-order valence-electron chi connectivity index (χ0n) is 16.9. The van der Waals surface area contributed by atoms with E-state index in [9.17, 15) is 18.0 Å². The lowest BCUT2D eigenvalue weighted by Gasteiger charge is -2.35. The van der Waals surface area contributed by atoms with Gasteiger partial charge in [-0.1, -0.05) is 12.1 Å². The summed E-state index contributed by atoms with van der Waals surface area (Å²) in [7, 11) is 3.67. The lowest BCUT2D eigenvalue weighted by atomic mass is 10.1. The molecule has 0 atom stereocenters. The second-order valence-electron chi connectivity index (χ2n) is 7.77. The van der Waals surface area contributed by atoms with Gasteiger partial charge in [-0.3, -0.25) is 4.79 Å². The van der Waals surface area contributed by atoms with Gasteiger partial charge in [0, 0.05) is 43.7 Å². The number of halogens is 3. The van der Waals surface area contributed by atoms with Gasteiger partial charge in [0.1, 0.15) is 5.75 Å². The molecule has 1 heterocycles. The van der Waals surface area contributed by atoms with E-state index in [4.69, 9.17) is 4.74 Å². The first-order valence-corrected chi connectivity index (χ1v) is 9.83. The number of anilines is 1. The van der Waals surface area contributed by atoms with Crippen LogP contribution in [0.4, 0.5) is 18.9 Å². The highest BCUT2D eigenvalue weighted by Crippen LogP contribution is 2.38. The molecule has 2 aromatic carbocycles. The van der Waals surface area contributed by atoms with Gasteiger partial charge in [0.15, 0.2) is 5.78 Å². The highest BCUT2D eigenvalue weighted by Gasteiger charge is 2.31. The number of fused-ring (bicyclic) bond motifs is 1. The van der Waals surface area contributed by atoms with Crippen molar-refractivity contribution in [3.8, 4) is 5.75 Å². The van der Waals surface area contributed by atoms with Gasteiger partial charge in [-0.15, -0.1) is 0 Å². The van der Waals surface area contributed by atoms with Crippen LogP contribution in [0.2, 0.25) is 0 Å². The first kappa shape index (κ1) is 20.5. The van der Waals surface area contributed by atoms with Crippen molar-refractivity contribution < 1.29 is 22.7 Å². The number of Topliss-reactive ketones (excluding diaryl/α,β-unsaturated/α-hetero) is 1. The van der Waals surface area contributed by atoms with Crippen LogP contribution in [0.15, 0.2) is 42.0 Å². The predicted octanol–water partition coefficient (Wildman–Crippen LogP) is 4.29. The molecule has 0 spiro atoms. The minimum atomic E-state index is -4.41. The van der Waals surface area contributed by atoms with Crippen molar-refractivity contribution in [2.45, 2.75) is 12.6 Å². The smallest absolute Gasteiger partial charge is 0.416 e. The van der Waals surface area contributed by atoms with Gasteiger partial charge >= 0.3 is 6.18 Å². The Kier molecular flexibility index (Phi) is 5.32. The van der Waals surface area contributed by atoms with Gasteiger partial charge in [0.05, 0.1) is 18.4 Å². The van der Waals surface area contributed by atoms with E-state index in [1.54, 1.807) is 25.3 Å². The van der Waals surface area contributed by atoms with E-state index < -0.39 is 11.7 Å². The SMILES string of the molecule is COc1cc2c(cc1N1CCN(C)CC1)C/C(=C\c1cccc(C(F)(F)F)c1)C2=O. The van der Waals surface area contributed by atoms with Crippen LogP contribution >= 0.6 is 0 Å². The Morgan fingerprint density at radius 1 is 1.07 bits per heavy atom. The third-order valence-electron chi connectivity index (χ3n) is 5.72. The van der Waals surface area contributed by atoms with Crippen LogP contribution in [0.3, 0.4) is 0 Å². The topological polar surface area (TPSA) is 32.8 Å². The van der Waals surface area contributed by atoms with E-state index in [1.807, 2.05) is 6.07 Å². The molecule has 0 amide bonds. The van der Waals surface area contributed by atoms with E-state index in [0.717, 1.165) is 49.6 Å². The zero-order chi connectivity index (χ0) is 21.5. The molecule has 0 N–H and O–H groups in total. The molecule has 0 bridgehead atoms. The quantitative estimate of drug-likeness (QED) is 0.699. The number of benzene rings is 2. The van der Waals surface area contributed by atoms with Crippen molar-refractivity contribution in [2.24, 2.45) is 0 Å². The van der Waals surface area contributed by atoms with Crippen LogP contribution in [0.5, 0.6) is 5.75 Å². The molecular formula is C23H23F3N2O2. The Bertz CT molecular complexity index is 1010. The van der Waals surface area contributed by atoms with Gasteiger partial charge in [-0.2, -0.15) is 13.2 Å². The predicted molar refractivity (Wildman–Crippen MR) is 110 cm³/mol. The molecule has 1 fully saturated rings. The second-order valence-corrected chi connectivity index (χ2v) is 7.77. The summed E-state index contributed by atoms with van der Waals surface area (Å²) >= 11 is 0. The monoisotopic (exact) mass is 416 g/mol. The first-order valence-electron chi connectivity index (χ1n) is 9.83. The Morgan fingerprint density at radius 3 is 2.47 bits per heavy atom. The minimum Gasteiger partial charge on any atom is -0.495 e. The summed E-state index contributed by atoms with van der Waals surface area (Å²) in [6.45, 7) is 3.62. The largest absolute Gasteiger partial charge is 0.495 e. The average molecular weight is 416 g/mol. The first-order chi connectivity index (χ1) is 14.3. The van der Waals surface area contributed by atoms with E-state index >= 15 is 0 Å². The van der Waals surface area contributed by atoms with Gasteiger partial charge in [-0.05, 0) is 48.5 Å². The molecule has 1 saturated heterocycles. The van der Waals surface area contributed by atoms with Crippen molar-refractivity contribution in [2.75, 3.05) is 45.2 Å². The molecule has 1 aliphatic heterocycles. The maximum atomic E-state index is 13.0. The molecule has 30 heavy (non-hydrogen) atoms. The molecule has 0 unspecified atom stereocenters. The molecular weight excluding hydrogens is 393 g/mol. The van der Waals surface area contributed by atoms with Crippen LogP contribution in [0.25, 0.3) is 6.08 Å². The van der Waals surface area contributed by atoms with Crippen molar-refractivity contribution in [3.05, 3.63) is 64.2 Å². The van der Waals surface area contributed by atoms with Gasteiger partial charge in [-0.25, -0.2) is 0 Å². The number of piperazine rings is 1. The Labute approximate surface area is 173 Å².